The first kappa shape index (κ1) is 13.4. The van der Waals surface area contributed by atoms with Crippen LogP contribution in [0.2, 0.25) is 0 Å². The molecule has 0 aliphatic carbocycles. The Balaban J connectivity index is 1.65. The van der Waals surface area contributed by atoms with Crippen molar-refractivity contribution in [1.29, 1.82) is 0 Å². The highest BCUT2D eigenvalue weighted by Crippen LogP contribution is 2.11. The molecule has 0 spiro atoms. The zero-order valence-corrected chi connectivity index (χ0v) is 12.1. The van der Waals surface area contributed by atoms with Crippen molar-refractivity contribution in [3.63, 3.8) is 0 Å². The van der Waals surface area contributed by atoms with E-state index < -0.39 is 0 Å². The Kier molecular flexibility index (Phi) is 3.68. The van der Waals surface area contributed by atoms with Crippen LogP contribution in [0.5, 0.6) is 0 Å². The van der Waals surface area contributed by atoms with Crippen LogP contribution in [0.1, 0.15) is 25.6 Å². The van der Waals surface area contributed by atoms with E-state index in [1.807, 2.05) is 47.4 Å². The molecule has 0 atom stereocenters. The van der Waals surface area contributed by atoms with Gasteiger partial charge in [0, 0.05) is 12.2 Å². The van der Waals surface area contributed by atoms with Crippen molar-refractivity contribution < 1.29 is 0 Å². The first-order valence-corrected chi connectivity index (χ1v) is 6.97. The molecule has 6 nitrogen and oxygen atoms in total. The van der Waals surface area contributed by atoms with Gasteiger partial charge in [-0.15, -0.1) is 0 Å². The van der Waals surface area contributed by atoms with Crippen molar-refractivity contribution in [3.8, 4) is 5.69 Å². The smallest absolute Gasteiger partial charge is 0.102 e. The summed E-state index contributed by atoms with van der Waals surface area (Å²) in [6.07, 6.45) is 5.58. The molecular formula is C15H18N6. The first-order chi connectivity index (χ1) is 10.2. The summed E-state index contributed by atoms with van der Waals surface area (Å²) >= 11 is 0. The molecule has 2 aromatic heterocycles. The number of nitrogens with zero attached hydrogens (tertiary/aromatic N) is 5. The maximum absolute atomic E-state index is 4.45. The number of para-hydroxylation sites is 1. The molecule has 0 saturated heterocycles. The molecule has 1 aromatic carbocycles. The highest BCUT2D eigenvalue weighted by molar-refractivity contribution is 5.38. The third-order valence-electron chi connectivity index (χ3n) is 3.13. The lowest BCUT2D eigenvalue weighted by Gasteiger charge is -2.03. The Morgan fingerprint density at radius 2 is 1.90 bits per heavy atom. The Labute approximate surface area is 123 Å². The van der Waals surface area contributed by atoms with E-state index in [0.717, 1.165) is 17.1 Å². The fourth-order valence-electron chi connectivity index (χ4n) is 1.97. The van der Waals surface area contributed by atoms with Gasteiger partial charge in [-0.2, -0.15) is 20.1 Å². The van der Waals surface area contributed by atoms with Gasteiger partial charge in [-0.3, -0.25) is 4.68 Å². The molecule has 0 radical (unpaired) electrons. The average Bonchev–Trinajstić information content (AvgIpc) is 3.15. The molecule has 6 heteroatoms. The first-order valence-electron chi connectivity index (χ1n) is 6.97. The van der Waals surface area contributed by atoms with E-state index >= 15 is 0 Å². The van der Waals surface area contributed by atoms with E-state index in [2.05, 4.69) is 34.5 Å². The third-order valence-corrected chi connectivity index (χ3v) is 3.13. The standard InChI is InChI=1S/C15H18N6/c1-12(2)20-11-14(10-17-20)16-8-13-9-18-21(19-13)15-6-4-3-5-7-15/h3-7,9-12,16H,8H2,1-2H3. The van der Waals surface area contributed by atoms with Crippen LogP contribution in [0.4, 0.5) is 5.69 Å². The van der Waals surface area contributed by atoms with Crippen LogP contribution in [-0.2, 0) is 6.54 Å². The molecule has 0 aliphatic heterocycles. The van der Waals surface area contributed by atoms with Crippen LogP contribution in [0.3, 0.4) is 0 Å². The summed E-state index contributed by atoms with van der Waals surface area (Å²) in [6.45, 7) is 4.82. The predicted octanol–water partition coefficient (Wildman–Crippen LogP) is 2.66. The minimum Gasteiger partial charge on any atom is -0.377 e. The molecular weight excluding hydrogens is 264 g/mol. The molecule has 3 rings (SSSR count). The van der Waals surface area contributed by atoms with Crippen molar-refractivity contribution >= 4 is 5.69 Å². The number of anilines is 1. The molecule has 2 heterocycles. The monoisotopic (exact) mass is 282 g/mol. The second-order valence-corrected chi connectivity index (χ2v) is 5.12. The quantitative estimate of drug-likeness (QED) is 0.781. The number of hydrogen-bond donors (Lipinski definition) is 1. The van der Waals surface area contributed by atoms with Crippen LogP contribution in [0, 0.1) is 0 Å². The van der Waals surface area contributed by atoms with Crippen LogP contribution in [0.25, 0.3) is 5.69 Å². The van der Waals surface area contributed by atoms with Crippen molar-refractivity contribution in [1.82, 2.24) is 24.8 Å². The summed E-state index contributed by atoms with van der Waals surface area (Å²) in [5.74, 6) is 0. The normalized spacial score (nSPS) is 11.0. The summed E-state index contributed by atoms with van der Waals surface area (Å²) in [5, 5.41) is 16.3. The van der Waals surface area contributed by atoms with E-state index in [0.29, 0.717) is 12.6 Å². The van der Waals surface area contributed by atoms with Crippen molar-refractivity contribution in [3.05, 3.63) is 54.6 Å². The minimum atomic E-state index is 0.361. The summed E-state index contributed by atoms with van der Waals surface area (Å²) in [4.78, 5) is 1.63. The SMILES string of the molecule is CC(C)n1cc(NCc2cnn(-c3ccccc3)n2)cn1. The fourth-order valence-corrected chi connectivity index (χ4v) is 1.97. The number of rotatable bonds is 5. The van der Waals surface area contributed by atoms with Crippen molar-refractivity contribution in [2.45, 2.75) is 26.4 Å². The van der Waals surface area contributed by atoms with Gasteiger partial charge in [0.2, 0.25) is 0 Å². The molecule has 108 valence electrons. The summed E-state index contributed by atoms with van der Waals surface area (Å²) in [5.41, 5.74) is 2.82. The Bertz CT molecular complexity index is 698. The lowest BCUT2D eigenvalue weighted by atomic mass is 10.3. The highest BCUT2D eigenvalue weighted by atomic mass is 15.5. The Morgan fingerprint density at radius 3 is 2.62 bits per heavy atom. The fraction of sp³-hybridized carbons (Fsp3) is 0.267. The Morgan fingerprint density at radius 1 is 1.10 bits per heavy atom. The second kappa shape index (κ2) is 5.78. The summed E-state index contributed by atoms with van der Waals surface area (Å²) in [6, 6.07) is 10.2. The number of benzene rings is 1. The molecule has 3 aromatic rings. The summed E-state index contributed by atoms with van der Waals surface area (Å²) < 4.78 is 1.92. The van der Waals surface area contributed by atoms with Gasteiger partial charge in [0.05, 0.1) is 30.3 Å². The molecule has 0 unspecified atom stereocenters. The molecule has 0 fully saturated rings. The van der Waals surface area contributed by atoms with E-state index in [-0.39, 0.29) is 0 Å². The molecule has 0 bridgehead atoms. The predicted molar refractivity (Wildman–Crippen MR) is 81.3 cm³/mol. The van der Waals surface area contributed by atoms with Crippen LogP contribution < -0.4 is 5.32 Å². The maximum Gasteiger partial charge on any atom is 0.102 e. The van der Waals surface area contributed by atoms with Gasteiger partial charge in [-0.1, -0.05) is 18.2 Å². The molecule has 0 aliphatic rings. The van der Waals surface area contributed by atoms with Gasteiger partial charge in [-0.25, -0.2) is 0 Å². The van der Waals surface area contributed by atoms with Crippen LogP contribution in [-0.4, -0.2) is 24.8 Å². The topological polar surface area (TPSA) is 60.6 Å². The lowest BCUT2D eigenvalue weighted by Crippen LogP contribution is -2.03. The minimum absolute atomic E-state index is 0.361. The Hall–Kier alpha value is -2.63. The van der Waals surface area contributed by atoms with E-state index in [1.165, 1.54) is 0 Å². The van der Waals surface area contributed by atoms with Gasteiger partial charge in [-0.05, 0) is 26.0 Å². The second-order valence-electron chi connectivity index (χ2n) is 5.12. The van der Waals surface area contributed by atoms with Gasteiger partial charge >= 0.3 is 0 Å². The van der Waals surface area contributed by atoms with Gasteiger partial charge in [0.25, 0.3) is 0 Å². The van der Waals surface area contributed by atoms with E-state index in [4.69, 9.17) is 0 Å². The molecule has 0 amide bonds. The van der Waals surface area contributed by atoms with Gasteiger partial charge in [0.15, 0.2) is 0 Å². The van der Waals surface area contributed by atoms with E-state index in [1.54, 1.807) is 11.0 Å². The zero-order valence-electron chi connectivity index (χ0n) is 12.1. The van der Waals surface area contributed by atoms with Crippen molar-refractivity contribution in [2.24, 2.45) is 0 Å². The van der Waals surface area contributed by atoms with Gasteiger partial charge < -0.3 is 5.32 Å². The van der Waals surface area contributed by atoms with Gasteiger partial charge in [0.1, 0.15) is 5.69 Å². The number of hydrogen-bond acceptors (Lipinski definition) is 4. The number of aromatic nitrogens is 5. The molecule has 1 N–H and O–H groups in total. The van der Waals surface area contributed by atoms with Crippen LogP contribution >= 0.6 is 0 Å². The zero-order chi connectivity index (χ0) is 14.7. The molecule has 21 heavy (non-hydrogen) atoms. The third kappa shape index (κ3) is 3.10. The average molecular weight is 282 g/mol. The molecule has 0 saturated carbocycles. The maximum atomic E-state index is 4.45. The summed E-state index contributed by atoms with van der Waals surface area (Å²) in [7, 11) is 0. The van der Waals surface area contributed by atoms with E-state index in [9.17, 15) is 0 Å². The van der Waals surface area contributed by atoms with Crippen molar-refractivity contribution in [2.75, 3.05) is 5.32 Å². The van der Waals surface area contributed by atoms with Crippen LogP contribution in [0.15, 0.2) is 48.9 Å². The lowest BCUT2D eigenvalue weighted by molar-refractivity contribution is 0.532. The highest BCUT2D eigenvalue weighted by Gasteiger charge is 2.04. The largest absolute Gasteiger partial charge is 0.377 e. The number of nitrogens with one attached hydrogen (secondary N) is 1.